The first-order valence-corrected chi connectivity index (χ1v) is 7.75. The Hall–Kier alpha value is -1.80. The van der Waals surface area contributed by atoms with Crippen molar-refractivity contribution < 1.29 is 4.79 Å². The van der Waals surface area contributed by atoms with E-state index in [0.717, 1.165) is 24.2 Å². The monoisotopic (exact) mass is 301 g/mol. The zero-order valence-corrected chi connectivity index (χ0v) is 13.0. The van der Waals surface area contributed by atoms with Crippen LogP contribution in [0, 0.1) is 0 Å². The fraction of sp³-hybridized carbons (Fsp3) is 0.278. The van der Waals surface area contributed by atoms with Crippen LogP contribution in [0.5, 0.6) is 0 Å². The number of nitrogens with zero attached hydrogens (tertiary/aromatic N) is 1. The third kappa shape index (κ3) is 4.08. The molecule has 2 aromatic rings. The van der Waals surface area contributed by atoms with Crippen molar-refractivity contribution in [3.63, 3.8) is 0 Å². The lowest BCUT2D eigenvalue weighted by atomic mass is 10.1. The second-order valence-electron chi connectivity index (χ2n) is 4.95. The van der Waals surface area contributed by atoms with Gasteiger partial charge < -0.3 is 0 Å². The van der Waals surface area contributed by atoms with E-state index >= 15 is 0 Å². The summed E-state index contributed by atoms with van der Waals surface area (Å²) < 4.78 is 0. The predicted octanol–water partition coefficient (Wildman–Crippen LogP) is 5.15. The third-order valence-corrected chi connectivity index (χ3v) is 3.73. The molecular formula is C18H20ClNO. The molecule has 1 atom stereocenters. The van der Waals surface area contributed by atoms with Gasteiger partial charge in [0.1, 0.15) is 5.38 Å². The smallest absolute Gasteiger partial charge is 0.249 e. The van der Waals surface area contributed by atoms with Crippen molar-refractivity contribution in [2.75, 3.05) is 4.90 Å². The number of carbonyl (C=O) groups is 1. The highest BCUT2D eigenvalue weighted by Crippen LogP contribution is 2.27. The van der Waals surface area contributed by atoms with Gasteiger partial charge in [-0.25, -0.2) is 0 Å². The van der Waals surface area contributed by atoms with E-state index in [1.54, 1.807) is 4.90 Å². The molecule has 21 heavy (non-hydrogen) atoms. The summed E-state index contributed by atoms with van der Waals surface area (Å²) in [4.78, 5) is 14.4. The summed E-state index contributed by atoms with van der Waals surface area (Å²) in [6.07, 6.45) is 2.69. The number of carbonyl (C=O) groups excluding carboxylic acids is 1. The highest BCUT2D eigenvalue weighted by molar-refractivity contribution is 6.33. The van der Waals surface area contributed by atoms with Gasteiger partial charge in [0, 0.05) is 11.4 Å². The van der Waals surface area contributed by atoms with Crippen molar-refractivity contribution in [1.82, 2.24) is 0 Å². The fourth-order valence-electron chi connectivity index (χ4n) is 2.20. The number of benzene rings is 2. The molecule has 0 saturated carbocycles. The van der Waals surface area contributed by atoms with Gasteiger partial charge in [0.15, 0.2) is 0 Å². The summed E-state index contributed by atoms with van der Waals surface area (Å²) >= 11 is 6.31. The van der Waals surface area contributed by atoms with E-state index in [-0.39, 0.29) is 5.91 Å². The molecule has 0 fully saturated rings. The van der Waals surface area contributed by atoms with E-state index in [4.69, 9.17) is 11.6 Å². The minimum absolute atomic E-state index is 0.0671. The third-order valence-electron chi connectivity index (χ3n) is 3.33. The number of alkyl halides is 1. The van der Waals surface area contributed by atoms with Gasteiger partial charge in [-0.2, -0.15) is 0 Å². The van der Waals surface area contributed by atoms with Gasteiger partial charge in [-0.15, -0.1) is 11.6 Å². The Kier molecular flexibility index (Phi) is 5.82. The maximum Gasteiger partial charge on any atom is 0.249 e. The van der Waals surface area contributed by atoms with Crippen LogP contribution in [-0.4, -0.2) is 11.3 Å². The minimum atomic E-state index is -0.495. The van der Waals surface area contributed by atoms with Crippen molar-refractivity contribution in [3.05, 3.63) is 60.7 Å². The van der Waals surface area contributed by atoms with Crippen molar-refractivity contribution in [2.45, 2.75) is 31.6 Å². The molecule has 0 N–H and O–H groups in total. The van der Waals surface area contributed by atoms with Crippen molar-refractivity contribution in [2.24, 2.45) is 0 Å². The first kappa shape index (κ1) is 15.6. The molecule has 0 heterocycles. The van der Waals surface area contributed by atoms with Crippen LogP contribution >= 0.6 is 11.6 Å². The molecule has 0 aliphatic heterocycles. The van der Waals surface area contributed by atoms with E-state index in [1.165, 1.54) is 0 Å². The topological polar surface area (TPSA) is 20.3 Å². The molecule has 0 aliphatic rings. The number of hydrogen-bond donors (Lipinski definition) is 0. The van der Waals surface area contributed by atoms with Crippen LogP contribution in [0.15, 0.2) is 60.7 Å². The van der Waals surface area contributed by atoms with Crippen LogP contribution < -0.4 is 4.90 Å². The van der Waals surface area contributed by atoms with Crippen molar-refractivity contribution in [1.29, 1.82) is 0 Å². The van der Waals surface area contributed by atoms with Crippen LogP contribution in [0.3, 0.4) is 0 Å². The highest BCUT2D eigenvalue weighted by atomic mass is 35.5. The van der Waals surface area contributed by atoms with Gasteiger partial charge in [0.25, 0.3) is 0 Å². The molecule has 0 bridgehead atoms. The molecule has 2 nitrogen and oxygen atoms in total. The maximum absolute atomic E-state index is 12.7. The summed E-state index contributed by atoms with van der Waals surface area (Å²) in [5.41, 5.74) is 1.69. The molecule has 0 aromatic heterocycles. The number of amides is 1. The van der Waals surface area contributed by atoms with E-state index in [0.29, 0.717) is 6.42 Å². The van der Waals surface area contributed by atoms with Gasteiger partial charge in [0.2, 0.25) is 5.91 Å². The summed E-state index contributed by atoms with van der Waals surface area (Å²) in [6.45, 7) is 2.10. The molecule has 0 unspecified atom stereocenters. The second-order valence-corrected chi connectivity index (χ2v) is 5.48. The van der Waals surface area contributed by atoms with E-state index in [2.05, 4.69) is 6.92 Å². The fourth-order valence-corrected chi connectivity index (χ4v) is 2.46. The Bertz CT molecular complexity index is 516. The number of unbranched alkanes of at least 4 members (excludes halogenated alkanes) is 1. The zero-order valence-electron chi connectivity index (χ0n) is 12.2. The quantitative estimate of drug-likeness (QED) is 0.676. The SMILES string of the molecule is CCCC[C@@H](Cl)C(=O)N(c1ccccc1)c1ccccc1. The molecule has 0 radical (unpaired) electrons. The van der Waals surface area contributed by atoms with Crippen LogP contribution in [0.2, 0.25) is 0 Å². The predicted molar refractivity (Wildman–Crippen MR) is 89.2 cm³/mol. The molecule has 0 spiro atoms. The second kappa shape index (κ2) is 7.84. The van der Waals surface area contributed by atoms with Crippen LogP contribution in [0.25, 0.3) is 0 Å². The average Bonchev–Trinajstić information content (AvgIpc) is 2.54. The first-order valence-electron chi connectivity index (χ1n) is 7.32. The van der Waals surface area contributed by atoms with Crippen LogP contribution in [-0.2, 0) is 4.79 Å². The molecule has 1 amide bonds. The van der Waals surface area contributed by atoms with Gasteiger partial charge in [-0.05, 0) is 30.7 Å². The highest BCUT2D eigenvalue weighted by Gasteiger charge is 2.24. The number of hydrogen-bond acceptors (Lipinski definition) is 1. The Balaban J connectivity index is 2.31. The number of rotatable bonds is 6. The lowest BCUT2D eigenvalue weighted by Crippen LogP contribution is -2.33. The molecule has 2 rings (SSSR count). The summed E-state index contributed by atoms with van der Waals surface area (Å²) in [5, 5.41) is -0.495. The maximum atomic E-state index is 12.7. The van der Waals surface area contributed by atoms with Gasteiger partial charge in [-0.1, -0.05) is 56.2 Å². The number of anilines is 2. The molecule has 0 saturated heterocycles. The Labute approximate surface area is 131 Å². The van der Waals surface area contributed by atoms with Crippen LogP contribution in [0.4, 0.5) is 11.4 Å². The van der Waals surface area contributed by atoms with Gasteiger partial charge in [-0.3, -0.25) is 9.69 Å². The molecular weight excluding hydrogens is 282 g/mol. The lowest BCUT2D eigenvalue weighted by molar-refractivity contribution is -0.117. The summed E-state index contributed by atoms with van der Waals surface area (Å²) in [6, 6.07) is 19.3. The lowest BCUT2D eigenvalue weighted by Gasteiger charge is -2.25. The number of para-hydroxylation sites is 2. The summed E-state index contributed by atoms with van der Waals surface area (Å²) in [5.74, 6) is -0.0671. The minimum Gasteiger partial charge on any atom is -0.280 e. The average molecular weight is 302 g/mol. The Morgan fingerprint density at radius 1 is 1.00 bits per heavy atom. The molecule has 2 aromatic carbocycles. The Morgan fingerprint density at radius 3 is 1.90 bits per heavy atom. The van der Waals surface area contributed by atoms with Crippen molar-refractivity contribution >= 4 is 28.9 Å². The first-order chi connectivity index (χ1) is 10.2. The number of halogens is 1. The van der Waals surface area contributed by atoms with Crippen LogP contribution in [0.1, 0.15) is 26.2 Å². The normalized spacial score (nSPS) is 11.9. The van der Waals surface area contributed by atoms with Crippen molar-refractivity contribution in [3.8, 4) is 0 Å². The molecule has 3 heteroatoms. The largest absolute Gasteiger partial charge is 0.280 e. The zero-order chi connectivity index (χ0) is 15.1. The van der Waals surface area contributed by atoms with E-state index in [9.17, 15) is 4.79 Å². The molecule has 0 aliphatic carbocycles. The van der Waals surface area contributed by atoms with Gasteiger partial charge in [0.05, 0.1) is 0 Å². The standard InChI is InChI=1S/C18H20ClNO/c1-2-3-14-17(19)18(21)20(15-10-6-4-7-11-15)16-12-8-5-9-13-16/h4-13,17H,2-3,14H2,1H3/t17-/m1/s1. The summed E-state index contributed by atoms with van der Waals surface area (Å²) in [7, 11) is 0. The van der Waals surface area contributed by atoms with Gasteiger partial charge >= 0.3 is 0 Å². The van der Waals surface area contributed by atoms with E-state index < -0.39 is 5.38 Å². The van der Waals surface area contributed by atoms with E-state index in [1.807, 2.05) is 60.7 Å². The Morgan fingerprint density at radius 2 is 1.48 bits per heavy atom. The molecule has 110 valence electrons.